The van der Waals surface area contributed by atoms with Crippen LogP contribution in [0.4, 0.5) is 0 Å². The zero-order valence-electron chi connectivity index (χ0n) is 11.4. The average molecular weight is 259 g/mol. The van der Waals surface area contributed by atoms with Gasteiger partial charge in [0.25, 0.3) is 0 Å². The highest BCUT2D eigenvalue weighted by molar-refractivity contribution is 5.33. The van der Waals surface area contributed by atoms with Crippen LogP contribution in [0.2, 0.25) is 0 Å². The molecule has 1 aliphatic rings. The maximum absolute atomic E-state index is 8.87. The number of hydrogen-bond donors (Lipinski definition) is 1. The Morgan fingerprint density at radius 2 is 2.16 bits per heavy atom. The first-order chi connectivity index (χ1) is 9.30. The third kappa shape index (κ3) is 3.13. The summed E-state index contributed by atoms with van der Waals surface area (Å²) in [4.78, 5) is 2.43. The Hall–Kier alpha value is -1.41. The monoisotopic (exact) mass is 259 g/mol. The lowest BCUT2D eigenvalue weighted by molar-refractivity contribution is -0.0676. The maximum atomic E-state index is 8.87. The minimum atomic E-state index is 0.0354. The van der Waals surface area contributed by atoms with Crippen LogP contribution in [0.3, 0.4) is 0 Å². The quantitative estimate of drug-likeness (QED) is 0.893. The van der Waals surface area contributed by atoms with Gasteiger partial charge < -0.3 is 10.5 Å². The highest BCUT2D eigenvalue weighted by Gasteiger charge is 2.32. The van der Waals surface area contributed by atoms with Crippen LogP contribution in [0.15, 0.2) is 24.3 Å². The van der Waals surface area contributed by atoms with Crippen LogP contribution in [-0.2, 0) is 4.74 Å². The van der Waals surface area contributed by atoms with Gasteiger partial charge in [0.1, 0.15) is 0 Å². The van der Waals surface area contributed by atoms with Crippen molar-refractivity contribution in [3.05, 3.63) is 35.4 Å². The fourth-order valence-corrected chi connectivity index (χ4v) is 2.70. The van der Waals surface area contributed by atoms with E-state index in [9.17, 15) is 0 Å². The molecule has 1 fully saturated rings. The number of nitriles is 1. The Balaban J connectivity index is 2.25. The number of ether oxygens (including phenoxy) is 1. The van der Waals surface area contributed by atoms with Crippen molar-refractivity contribution in [2.45, 2.75) is 25.5 Å². The number of rotatable bonds is 4. The molecule has 4 nitrogen and oxygen atoms in total. The highest BCUT2D eigenvalue weighted by Crippen LogP contribution is 2.29. The zero-order valence-corrected chi connectivity index (χ0v) is 11.4. The van der Waals surface area contributed by atoms with Gasteiger partial charge in [-0.2, -0.15) is 5.26 Å². The van der Waals surface area contributed by atoms with Crippen molar-refractivity contribution < 1.29 is 4.74 Å². The topological polar surface area (TPSA) is 62.3 Å². The molecule has 102 valence electrons. The van der Waals surface area contributed by atoms with Gasteiger partial charge >= 0.3 is 0 Å². The summed E-state index contributed by atoms with van der Waals surface area (Å²) in [6.07, 6.45) is 1.15. The second kappa shape index (κ2) is 6.67. The fraction of sp³-hybridized carbons (Fsp3) is 0.533. The first kappa shape index (κ1) is 14.0. The number of benzene rings is 1. The lowest BCUT2D eigenvalue weighted by Gasteiger charge is -2.41. The Morgan fingerprint density at radius 3 is 2.74 bits per heavy atom. The van der Waals surface area contributed by atoms with Gasteiger partial charge in [-0.25, -0.2) is 0 Å². The van der Waals surface area contributed by atoms with Crippen LogP contribution in [0, 0.1) is 11.3 Å². The van der Waals surface area contributed by atoms with E-state index < -0.39 is 0 Å². The van der Waals surface area contributed by atoms with Crippen molar-refractivity contribution >= 4 is 0 Å². The van der Waals surface area contributed by atoms with Gasteiger partial charge in [-0.1, -0.05) is 19.1 Å². The van der Waals surface area contributed by atoms with Crippen molar-refractivity contribution in [3.63, 3.8) is 0 Å². The van der Waals surface area contributed by atoms with Gasteiger partial charge in [0.05, 0.1) is 30.4 Å². The molecule has 1 heterocycles. The summed E-state index contributed by atoms with van der Waals surface area (Å²) in [5, 5.41) is 8.87. The van der Waals surface area contributed by atoms with Crippen molar-refractivity contribution in [1.82, 2.24) is 4.90 Å². The fourth-order valence-electron chi connectivity index (χ4n) is 2.70. The van der Waals surface area contributed by atoms with Crippen LogP contribution in [0.1, 0.15) is 30.5 Å². The van der Waals surface area contributed by atoms with Crippen LogP contribution in [0.5, 0.6) is 0 Å². The molecule has 0 radical (unpaired) electrons. The van der Waals surface area contributed by atoms with E-state index >= 15 is 0 Å². The van der Waals surface area contributed by atoms with E-state index in [1.165, 1.54) is 5.56 Å². The summed E-state index contributed by atoms with van der Waals surface area (Å²) < 4.78 is 5.80. The van der Waals surface area contributed by atoms with Gasteiger partial charge in [-0.3, -0.25) is 4.90 Å². The molecule has 2 rings (SSSR count). The predicted molar refractivity (Wildman–Crippen MR) is 74.6 cm³/mol. The number of nitrogens with two attached hydrogens (primary N) is 1. The van der Waals surface area contributed by atoms with Gasteiger partial charge in [0.15, 0.2) is 0 Å². The SMILES string of the molecule is CCCN1CCOC(CN)C1c1ccc(C#N)cc1. The largest absolute Gasteiger partial charge is 0.374 e. The molecule has 1 aromatic carbocycles. The van der Waals surface area contributed by atoms with Crippen molar-refractivity contribution in [2.24, 2.45) is 5.73 Å². The Kier molecular flexibility index (Phi) is 4.92. The highest BCUT2D eigenvalue weighted by atomic mass is 16.5. The molecule has 0 saturated carbocycles. The summed E-state index contributed by atoms with van der Waals surface area (Å²) in [5.41, 5.74) is 7.71. The molecule has 0 amide bonds. The van der Waals surface area contributed by atoms with Crippen molar-refractivity contribution in [1.29, 1.82) is 5.26 Å². The van der Waals surface area contributed by atoms with E-state index in [4.69, 9.17) is 15.7 Å². The van der Waals surface area contributed by atoms with E-state index in [-0.39, 0.29) is 12.1 Å². The molecule has 2 N–H and O–H groups in total. The molecule has 1 aliphatic heterocycles. The van der Waals surface area contributed by atoms with Gasteiger partial charge in [0, 0.05) is 13.1 Å². The molecular weight excluding hydrogens is 238 g/mol. The normalized spacial score (nSPS) is 24.1. The minimum Gasteiger partial charge on any atom is -0.374 e. The van der Waals surface area contributed by atoms with E-state index in [0.29, 0.717) is 12.1 Å². The first-order valence-corrected chi connectivity index (χ1v) is 6.86. The molecule has 0 spiro atoms. The lowest BCUT2D eigenvalue weighted by Crippen LogP contribution is -2.48. The van der Waals surface area contributed by atoms with Crippen molar-refractivity contribution in [2.75, 3.05) is 26.2 Å². The molecule has 4 heteroatoms. The summed E-state index contributed by atoms with van der Waals surface area (Å²) in [6, 6.07) is 10.1. The molecule has 1 aromatic rings. The molecule has 0 aromatic heterocycles. The minimum absolute atomic E-state index is 0.0354. The predicted octanol–water partition coefficient (Wildman–Crippen LogP) is 1.67. The molecule has 0 bridgehead atoms. The lowest BCUT2D eigenvalue weighted by atomic mass is 9.97. The Bertz CT molecular complexity index is 436. The number of morpholine rings is 1. The zero-order chi connectivity index (χ0) is 13.7. The van der Waals surface area contributed by atoms with Crippen LogP contribution >= 0.6 is 0 Å². The van der Waals surface area contributed by atoms with E-state index in [1.807, 2.05) is 24.3 Å². The molecule has 2 atom stereocenters. The third-order valence-electron chi connectivity index (χ3n) is 3.58. The summed E-state index contributed by atoms with van der Waals surface area (Å²) in [6.45, 7) is 5.43. The second-order valence-corrected chi connectivity index (χ2v) is 4.86. The molecule has 19 heavy (non-hydrogen) atoms. The molecule has 1 saturated heterocycles. The van der Waals surface area contributed by atoms with Crippen LogP contribution in [-0.4, -0.2) is 37.2 Å². The number of nitrogens with zero attached hydrogens (tertiary/aromatic N) is 2. The Morgan fingerprint density at radius 1 is 1.42 bits per heavy atom. The van der Waals surface area contributed by atoms with Crippen LogP contribution in [0.25, 0.3) is 0 Å². The standard InChI is InChI=1S/C15H21N3O/c1-2-7-18-8-9-19-14(11-17)15(18)13-5-3-12(10-16)4-6-13/h3-6,14-15H,2,7-9,11,17H2,1H3. The van der Waals surface area contributed by atoms with Crippen LogP contribution < -0.4 is 5.73 Å². The number of hydrogen-bond acceptors (Lipinski definition) is 4. The van der Waals surface area contributed by atoms with E-state index in [2.05, 4.69) is 17.9 Å². The summed E-state index contributed by atoms with van der Waals surface area (Å²) in [5.74, 6) is 0. The van der Waals surface area contributed by atoms with E-state index in [0.717, 1.165) is 26.1 Å². The van der Waals surface area contributed by atoms with Gasteiger partial charge in [-0.15, -0.1) is 0 Å². The molecular formula is C15H21N3O. The average Bonchev–Trinajstić information content (AvgIpc) is 2.47. The summed E-state index contributed by atoms with van der Waals surface area (Å²) >= 11 is 0. The smallest absolute Gasteiger partial charge is 0.0991 e. The van der Waals surface area contributed by atoms with E-state index in [1.54, 1.807) is 0 Å². The summed E-state index contributed by atoms with van der Waals surface area (Å²) in [7, 11) is 0. The first-order valence-electron chi connectivity index (χ1n) is 6.86. The van der Waals surface area contributed by atoms with Gasteiger partial charge in [-0.05, 0) is 30.7 Å². The molecule has 2 unspecified atom stereocenters. The third-order valence-corrected chi connectivity index (χ3v) is 3.58. The maximum Gasteiger partial charge on any atom is 0.0991 e. The van der Waals surface area contributed by atoms with Gasteiger partial charge in [0.2, 0.25) is 0 Å². The second-order valence-electron chi connectivity index (χ2n) is 4.86. The van der Waals surface area contributed by atoms with Crippen molar-refractivity contribution in [3.8, 4) is 6.07 Å². The molecule has 0 aliphatic carbocycles. The Labute approximate surface area is 114 Å².